The Morgan fingerprint density at radius 1 is 1.12 bits per heavy atom. The highest BCUT2D eigenvalue weighted by Crippen LogP contribution is 2.19. The Bertz CT molecular complexity index is 784. The summed E-state index contributed by atoms with van der Waals surface area (Å²) < 4.78 is 1.75. The number of benzene rings is 1. The predicted molar refractivity (Wildman–Crippen MR) is 109 cm³/mol. The van der Waals surface area contributed by atoms with E-state index in [0.29, 0.717) is 41.4 Å². The molecule has 0 bridgehead atoms. The predicted octanol–water partition coefficient (Wildman–Crippen LogP) is 3.94. The number of unbranched alkanes of at least 4 members (excludes halogenated alkanes) is 3. The van der Waals surface area contributed by atoms with Crippen LogP contribution in [-0.4, -0.2) is 39.2 Å². The molecule has 0 atom stereocenters. The maximum atomic E-state index is 12.9. The smallest absolute Gasteiger partial charge is 0.262 e. The van der Waals surface area contributed by atoms with Gasteiger partial charge in [0.2, 0.25) is 5.91 Å². The molecule has 2 aromatic rings. The van der Waals surface area contributed by atoms with Crippen LogP contribution in [0.5, 0.6) is 0 Å². The number of carbonyl (C=O) groups excluding carboxylic acids is 1. The van der Waals surface area contributed by atoms with Gasteiger partial charge in [0.1, 0.15) is 0 Å². The normalized spacial score (nSPS) is 11.0. The van der Waals surface area contributed by atoms with Gasteiger partial charge in [0.15, 0.2) is 5.16 Å². The molecule has 142 valence electrons. The molecule has 1 aromatic heterocycles. The number of aromatic nitrogens is 2. The van der Waals surface area contributed by atoms with Crippen LogP contribution in [0, 0.1) is 0 Å². The molecule has 1 heterocycles. The fourth-order valence-corrected chi connectivity index (χ4v) is 3.87. The van der Waals surface area contributed by atoms with Gasteiger partial charge in [-0.15, -0.1) is 0 Å². The van der Waals surface area contributed by atoms with Crippen molar-refractivity contribution >= 4 is 28.6 Å². The summed E-state index contributed by atoms with van der Waals surface area (Å²) in [6, 6.07) is 7.43. The standard InChI is InChI=1S/C20H29N3O2S/c1-4-7-8-11-14-23-19(25)16-12-9-10-13-17(16)21-20(23)26-15-18(24)22(5-2)6-3/h9-10,12-13H,4-8,11,14-15H2,1-3H3. The lowest BCUT2D eigenvalue weighted by atomic mass is 10.2. The molecule has 1 aromatic carbocycles. The zero-order valence-electron chi connectivity index (χ0n) is 16.0. The van der Waals surface area contributed by atoms with E-state index in [0.717, 1.165) is 19.3 Å². The van der Waals surface area contributed by atoms with Crippen molar-refractivity contribution < 1.29 is 4.79 Å². The second-order valence-electron chi connectivity index (χ2n) is 6.28. The summed E-state index contributed by atoms with van der Waals surface area (Å²) in [4.78, 5) is 31.7. The SMILES string of the molecule is CCCCCCn1c(SCC(=O)N(CC)CC)nc2ccccc2c1=O. The average Bonchev–Trinajstić information content (AvgIpc) is 2.66. The van der Waals surface area contributed by atoms with Crippen molar-refractivity contribution in [2.24, 2.45) is 0 Å². The van der Waals surface area contributed by atoms with E-state index in [1.54, 1.807) is 9.47 Å². The topological polar surface area (TPSA) is 55.2 Å². The first-order valence-electron chi connectivity index (χ1n) is 9.52. The summed E-state index contributed by atoms with van der Waals surface area (Å²) in [5, 5.41) is 1.29. The van der Waals surface area contributed by atoms with Gasteiger partial charge in [-0.2, -0.15) is 0 Å². The van der Waals surface area contributed by atoms with Gasteiger partial charge < -0.3 is 4.90 Å². The van der Waals surface area contributed by atoms with Gasteiger partial charge in [0, 0.05) is 19.6 Å². The van der Waals surface area contributed by atoms with Gasteiger partial charge in [0.05, 0.1) is 16.7 Å². The van der Waals surface area contributed by atoms with E-state index in [4.69, 9.17) is 0 Å². The van der Waals surface area contributed by atoms with E-state index in [1.165, 1.54) is 18.2 Å². The molecule has 2 rings (SSSR count). The number of hydrogen-bond donors (Lipinski definition) is 0. The monoisotopic (exact) mass is 375 g/mol. The lowest BCUT2D eigenvalue weighted by molar-refractivity contribution is -0.127. The first-order chi connectivity index (χ1) is 12.6. The van der Waals surface area contributed by atoms with E-state index >= 15 is 0 Å². The maximum Gasteiger partial charge on any atom is 0.262 e. The molecule has 0 saturated heterocycles. The molecule has 0 aliphatic rings. The van der Waals surface area contributed by atoms with Crippen LogP contribution in [0.2, 0.25) is 0 Å². The summed E-state index contributed by atoms with van der Waals surface area (Å²) in [5.41, 5.74) is 0.685. The van der Waals surface area contributed by atoms with Crippen LogP contribution < -0.4 is 5.56 Å². The fraction of sp³-hybridized carbons (Fsp3) is 0.550. The number of para-hydroxylation sites is 1. The van der Waals surface area contributed by atoms with Gasteiger partial charge in [-0.1, -0.05) is 50.1 Å². The van der Waals surface area contributed by atoms with Crippen molar-refractivity contribution in [3.8, 4) is 0 Å². The second kappa shape index (κ2) is 10.4. The van der Waals surface area contributed by atoms with Crippen molar-refractivity contribution in [3.05, 3.63) is 34.6 Å². The number of nitrogens with zero attached hydrogens (tertiary/aromatic N) is 3. The van der Waals surface area contributed by atoms with Crippen molar-refractivity contribution in [1.82, 2.24) is 14.5 Å². The van der Waals surface area contributed by atoms with Crippen LogP contribution >= 0.6 is 11.8 Å². The second-order valence-corrected chi connectivity index (χ2v) is 7.23. The highest BCUT2D eigenvalue weighted by Gasteiger charge is 2.15. The van der Waals surface area contributed by atoms with Crippen LogP contribution in [0.15, 0.2) is 34.2 Å². The molecule has 0 unspecified atom stereocenters. The van der Waals surface area contributed by atoms with Gasteiger partial charge in [-0.25, -0.2) is 4.98 Å². The van der Waals surface area contributed by atoms with E-state index in [1.807, 2.05) is 38.1 Å². The molecule has 0 N–H and O–H groups in total. The number of thioether (sulfide) groups is 1. The number of fused-ring (bicyclic) bond motifs is 1. The summed E-state index contributed by atoms with van der Waals surface area (Å²) in [6.45, 7) is 8.17. The molecule has 0 fully saturated rings. The van der Waals surface area contributed by atoms with Crippen molar-refractivity contribution in [2.45, 2.75) is 58.2 Å². The summed E-state index contributed by atoms with van der Waals surface area (Å²) in [7, 11) is 0. The quantitative estimate of drug-likeness (QED) is 0.359. The Kier molecular flexibility index (Phi) is 8.16. The number of hydrogen-bond acceptors (Lipinski definition) is 4. The van der Waals surface area contributed by atoms with Crippen LogP contribution in [0.1, 0.15) is 46.5 Å². The third-order valence-corrected chi connectivity index (χ3v) is 5.46. The van der Waals surface area contributed by atoms with Crippen LogP contribution in [0.4, 0.5) is 0 Å². The minimum atomic E-state index is -0.00936. The molecular formula is C20H29N3O2S. The highest BCUT2D eigenvalue weighted by atomic mass is 32.2. The minimum absolute atomic E-state index is 0.00936. The summed E-state index contributed by atoms with van der Waals surface area (Å²) in [5.74, 6) is 0.390. The van der Waals surface area contributed by atoms with Crippen LogP contribution in [0.3, 0.4) is 0 Å². The molecular weight excluding hydrogens is 346 g/mol. The molecule has 0 radical (unpaired) electrons. The van der Waals surface area contributed by atoms with Crippen molar-refractivity contribution in [3.63, 3.8) is 0 Å². The zero-order valence-corrected chi connectivity index (χ0v) is 16.8. The third-order valence-electron chi connectivity index (χ3n) is 4.50. The first kappa shape index (κ1) is 20.5. The zero-order chi connectivity index (χ0) is 18.9. The van der Waals surface area contributed by atoms with E-state index in [2.05, 4.69) is 11.9 Å². The first-order valence-corrected chi connectivity index (χ1v) is 10.5. The number of carbonyl (C=O) groups is 1. The molecule has 0 aliphatic heterocycles. The molecule has 1 amide bonds. The lowest BCUT2D eigenvalue weighted by Gasteiger charge is -2.19. The molecule has 0 spiro atoms. The molecule has 0 saturated carbocycles. The van der Waals surface area contributed by atoms with Crippen LogP contribution in [-0.2, 0) is 11.3 Å². The van der Waals surface area contributed by atoms with E-state index < -0.39 is 0 Å². The molecule has 6 heteroatoms. The minimum Gasteiger partial charge on any atom is -0.343 e. The van der Waals surface area contributed by atoms with E-state index in [9.17, 15) is 9.59 Å². The molecule has 26 heavy (non-hydrogen) atoms. The van der Waals surface area contributed by atoms with Gasteiger partial charge in [-0.3, -0.25) is 14.2 Å². The fourth-order valence-electron chi connectivity index (χ4n) is 2.95. The Hall–Kier alpha value is -1.82. The lowest BCUT2D eigenvalue weighted by Crippen LogP contribution is -2.32. The summed E-state index contributed by atoms with van der Waals surface area (Å²) in [6.07, 6.45) is 4.37. The van der Waals surface area contributed by atoms with Gasteiger partial charge >= 0.3 is 0 Å². The third kappa shape index (κ3) is 5.10. The molecule has 5 nitrogen and oxygen atoms in total. The largest absolute Gasteiger partial charge is 0.343 e. The van der Waals surface area contributed by atoms with Gasteiger partial charge in [-0.05, 0) is 32.4 Å². The Morgan fingerprint density at radius 3 is 2.54 bits per heavy atom. The summed E-state index contributed by atoms with van der Waals surface area (Å²) >= 11 is 1.37. The highest BCUT2D eigenvalue weighted by molar-refractivity contribution is 7.99. The Labute approximate surface area is 159 Å². The van der Waals surface area contributed by atoms with Gasteiger partial charge in [0.25, 0.3) is 5.56 Å². The van der Waals surface area contributed by atoms with Crippen molar-refractivity contribution in [2.75, 3.05) is 18.8 Å². The molecule has 0 aliphatic carbocycles. The Morgan fingerprint density at radius 2 is 1.85 bits per heavy atom. The number of rotatable bonds is 10. The van der Waals surface area contributed by atoms with E-state index in [-0.39, 0.29) is 11.5 Å². The van der Waals surface area contributed by atoms with Crippen molar-refractivity contribution in [1.29, 1.82) is 0 Å². The maximum absolute atomic E-state index is 12.9. The van der Waals surface area contributed by atoms with Crippen LogP contribution in [0.25, 0.3) is 10.9 Å². The average molecular weight is 376 g/mol. The number of amides is 1. The Balaban J connectivity index is 2.27.